The highest BCUT2D eigenvalue weighted by Crippen LogP contribution is 2.36. The average molecular weight is 470 g/mol. The lowest BCUT2D eigenvalue weighted by Gasteiger charge is -2.18. The maximum Gasteiger partial charge on any atom is 0.416 e. The molecule has 2 N–H and O–H groups in total. The van der Waals surface area contributed by atoms with E-state index in [1.807, 2.05) is 6.07 Å². The molecule has 4 aromatic rings. The van der Waals surface area contributed by atoms with Crippen molar-refractivity contribution in [2.45, 2.75) is 19.0 Å². The SMILES string of the molecule is Cn1nc(-c2ccc3c(c2)CCN3C(=O)Cc2cc(F)cc(C(F)(F)F)c2)c2c(N)ncnc21. The summed E-state index contributed by atoms with van der Waals surface area (Å²) < 4.78 is 54.3. The zero-order valence-electron chi connectivity index (χ0n) is 17.9. The zero-order valence-corrected chi connectivity index (χ0v) is 17.9. The highest BCUT2D eigenvalue weighted by Gasteiger charge is 2.32. The molecule has 1 aliphatic heterocycles. The lowest BCUT2D eigenvalue weighted by molar-refractivity contribution is -0.137. The van der Waals surface area contributed by atoms with Crippen LogP contribution in [0.3, 0.4) is 0 Å². The minimum absolute atomic E-state index is 0.0298. The summed E-state index contributed by atoms with van der Waals surface area (Å²) in [7, 11) is 1.75. The second-order valence-electron chi connectivity index (χ2n) is 8.09. The highest BCUT2D eigenvalue weighted by atomic mass is 19.4. The lowest BCUT2D eigenvalue weighted by atomic mass is 10.0. The summed E-state index contributed by atoms with van der Waals surface area (Å²) in [4.78, 5) is 22.7. The Bertz CT molecular complexity index is 1450. The number of rotatable bonds is 3. The highest BCUT2D eigenvalue weighted by molar-refractivity contribution is 6.00. The molecular weight excluding hydrogens is 452 g/mol. The number of nitrogens with two attached hydrogens (primary N) is 1. The number of fused-ring (bicyclic) bond motifs is 2. The predicted molar refractivity (Wildman–Crippen MR) is 117 cm³/mol. The fourth-order valence-corrected chi connectivity index (χ4v) is 4.31. The number of carbonyl (C=O) groups excluding carboxylic acids is 1. The van der Waals surface area contributed by atoms with Crippen molar-refractivity contribution in [2.24, 2.45) is 7.05 Å². The Morgan fingerprint density at radius 1 is 1.15 bits per heavy atom. The number of hydrogen-bond donors (Lipinski definition) is 1. The molecule has 0 atom stereocenters. The number of alkyl halides is 3. The van der Waals surface area contributed by atoms with E-state index in [0.717, 1.165) is 23.3 Å². The van der Waals surface area contributed by atoms with Crippen LogP contribution >= 0.6 is 0 Å². The van der Waals surface area contributed by atoms with E-state index in [-0.39, 0.29) is 12.0 Å². The topological polar surface area (TPSA) is 89.9 Å². The van der Waals surface area contributed by atoms with E-state index in [1.165, 1.54) is 11.2 Å². The first kappa shape index (κ1) is 21.8. The van der Waals surface area contributed by atoms with Gasteiger partial charge in [-0.05, 0) is 47.9 Å². The normalized spacial score (nSPS) is 13.5. The Labute approximate surface area is 190 Å². The molecule has 3 heterocycles. The Kier molecular flexibility index (Phi) is 4.99. The molecule has 34 heavy (non-hydrogen) atoms. The van der Waals surface area contributed by atoms with Crippen LogP contribution in [0.4, 0.5) is 29.1 Å². The maximum absolute atomic E-state index is 13.7. The van der Waals surface area contributed by atoms with Crippen LogP contribution in [-0.4, -0.2) is 32.2 Å². The van der Waals surface area contributed by atoms with Gasteiger partial charge in [0.2, 0.25) is 5.91 Å². The summed E-state index contributed by atoms with van der Waals surface area (Å²) >= 11 is 0. The molecule has 0 saturated heterocycles. The average Bonchev–Trinajstić information content (AvgIpc) is 3.34. The van der Waals surface area contributed by atoms with Crippen LogP contribution in [0.25, 0.3) is 22.3 Å². The number of benzene rings is 2. The van der Waals surface area contributed by atoms with Crippen LogP contribution in [-0.2, 0) is 30.9 Å². The Morgan fingerprint density at radius 2 is 1.94 bits per heavy atom. The third-order valence-corrected chi connectivity index (χ3v) is 5.84. The molecule has 1 amide bonds. The molecule has 5 rings (SSSR count). The molecule has 0 unspecified atom stereocenters. The van der Waals surface area contributed by atoms with Gasteiger partial charge in [0.15, 0.2) is 5.65 Å². The van der Waals surface area contributed by atoms with Crippen LogP contribution in [0.1, 0.15) is 16.7 Å². The van der Waals surface area contributed by atoms with Gasteiger partial charge in [-0.25, -0.2) is 19.0 Å². The maximum atomic E-state index is 13.7. The summed E-state index contributed by atoms with van der Waals surface area (Å²) in [5, 5.41) is 5.15. The van der Waals surface area contributed by atoms with E-state index in [2.05, 4.69) is 15.1 Å². The van der Waals surface area contributed by atoms with Gasteiger partial charge in [-0.3, -0.25) is 4.79 Å². The third-order valence-electron chi connectivity index (χ3n) is 5.84. The summed E-state index contributed by atoms with van der Waals surface area (Å²) in [6.45, 7) is 0.368. The molecule has 0 bridgehead atoms. The van der Waals surface area contributed by atoms with E-state index in [0.29, 0.717) is 47.3 Å². The van der Waals surface area contributed by atoms with Crippen LogP contribution in [0.15, 0.2) is 42.7 Å². The number of amides is 1. The molecule has 0 fully saturated rings. The first-order valence-electron chi connectivity index (χ1n) is 10.4. The van der Waals surface area contributed by atoms with Crippen LogP contribution in [0.5, 0.6) is 0 Å². The first-order valence-corrected chi connectivity index (χ1v) is 10.4. The fourth-order valence-electron chi connectivity index (χ4n) is 4.31. The van der Waals surface area contributed by atoms with Gasteiger partial charge in [-0.15, -0.1) is 0 Å². The molecule has 0 aliphatic carbocycles. The van der Waals surface area contributed by atoms with Crippen molar-refractivity contribution in [1.82, 2.24) is 19.7 Å². The first-order chi connectivity index (χ1) is 16.1. The lowest BCUT2D eigenvalue weighted by Crippen LogP contribution is -2.30. The van der Waals surface area contributed by atoms with Crippen molar-refractivity contribution >= 4 is 28.4 Å². The van der Waals surface area contributed by atoms with Crippen molar-refractivity contribution in [1.29, 1.82) is 0 Å². The second kappa shape index (κ2) is 7.79. The number of anilines is 2. The van der Waals surface area contributed by atoms with Crippen molar-refractivity contribution in [3.05, 3.63) is 65.2 Å². The van der Waals surface area contributed by atoms with Gasteiger partial charge in [-0.2, -0.15) is 18.3 Å². The van der Waals surface area contributed by atoms with Crippen molar-refractivity contribution in [3.63, 3.8) is 0 Å². The van der Waals surface area contributed by atoms with Crippen molar-refractivity contribution in [2.75, 3.05) is 17.2 Å². The standard InChI is InChI=1S/C23H18F4N6O/c1-32-22-19(21(28)29-11-30-22)20(31-32)14-2-3-17-13(9-14)4-5-33(17)18(34)8-12-6-15(23(25,26)27)10-16(24)7-12/h2-3,6-7,9-11H,4-5,8H2,1H3,(H2,28,29,30). The molecule has 0 spiro atoms. The Morgan fingerprint density at radius 3 is 2.71 bits per heavy atom. The van der Waals surface area contributed by atoms with Crippen LogP contribution < -0.4 is 10.6 Å². The number of nitrogens with zero attached hydrogens (tertiary/aromatic N) is 5. The molecular formula is C23H18F4N6O. The van der Waals surface area contributed by atoms with E-state index in [4.69, 9.17) is 5.73 Å². The fraction of sp³-hybridized carbons (Fsp3) is 0.217. The summed E-state index contributed by atoms with van der Waals surface area (Å²) in [6, 6.07) is 7.64. The number of halogens is 4. The Hall–Kier alpha value is -4.02. The smallest absolute Gasteiger partial charge is 0.383 e. The monoisotopic (exact) mass is 470 g/mol. The largest absolute Gasteiger partial charge is 0.416 e. The van der Waals surface area contributed by atoms with Crippen molar-refractivity contribution in [3.8, 4) is 11.3 Å². The quantitative estimate of drug-likeness (QED) is 0.459. The molecule has 0 saturated carbocycles. The molecule has 7 nitrogen and oxygen atoms in total. The Balaban J connectivity index is 1.43. The van der Waals surface area contributed by atoms with Crippen LogP contribution in [0.2, 0.25) is 0 Å². The molecule has 2 aromatic carbocycles. The molecule has 0 radical (unpaired) electrons. The molecule has 11 heteroatoms. The number of nitrogen functional groups attached to an aromatic ring is 1. The van der Waals surface area contributed by atoms with Crippen LogP contribution in [0, 0.1) is 5.82 Å². The number of carbonyl (C=O) groups is 1. The molecule has 2 aromatic heterocycles. The van der Waals surface area contributed by atoms with Gasteiger partial charge in [0.05, 0.1) is 17.4 Å². The van der Waals surface area contributed by atoms with E-state index in [9.17, 15) is 22.4 Å². The van der Waals surface area contributed by atoms with Gasteiger partial charge in [0.1, 0.15) is 23.7 Å². The predicted octanol–water partition coefficient (Wildman–Crippen LogP) is 3.90. The minimum atomic E-state index is -4.69. The van der Waals surface area contributed by atoms with Gasteiger partial charge >= 0.3 is 6.18 Å². The summed E-state index contributed by atoms with van der Waals surface area (Å²) in [5.74, 6) is -1.14. The van der Waals surface area contributed by atoms with E-state index >= 15 is 0 Å². The van der Waals surface area contributed by atoms with E-state index < -0.39 is 23.5 Å². The molecule has 174 valence electrons. The minimum Gasteiger partial charge on any atom is -0.383 e. The number of hydrogen-bond acceptors (Lipinski definition) is 5. The van der Waals surface area contributed by atoms with Gasteiger partial charge < -0.3 is 10.6 Å². The number of aromatic nitrogens is 4. The molecule has 1 aliphatic rings. The van der Waals surface area contributed by atoms with E-state index in [1.54, 1.807) is 23.9 Å². The zero-order chi connectivity index (χ0) is 24.2. The summed E-state index contributed by atoms with van der Waals surface area (Å²) in [5.41, 5.74) is 8.43. The van der Waals surface area contributed by atoms with Gasteiger partial charge in [0.25, 0.3) is 0 Å². The summed E-state index contributed by atoms with van der Waals surface area (Å²) in [6.07, 6.45) is -3.12. The third kappa shape index (κ3) is 3.72. The van der Waals surface area contributed by atoms with Gasteiger partial charge in [-0.1, -0.05) is 6.07 Å². The number of aryl methyl sites for hydroxylation is 1. The van der Waals surface area contributed by atoms with Crippen molar-refractivity contribution < 1.29 is 22.4 Å². The second-order valence-corrected chi connectivity index (χ2v) is 8.09. The van der Waals surface area contributed by atoms with Gasteiger partial charge in [0, 0.05) is 24.8 Å².